The van der Waals surface area contributed by atoms with Gasteiger partial charge in [-0.25, -0.2) is 4.98 Å². The van der Waals surface area contributed by atoms with E-state index in [0.717, 1.165) is 12.5 Å². The molecule has 4 nitrogen and oxygen atoms in total. The Morgan fingerprint density at radius 1 is 1.62 bits per heavy atom. The molecule has 1 aromatic heterocycles. The van der Waals surface area contributed by atoms with Gasteiger partial charge >= 0.3 is 0 Å². The SMILES string of the molecule is CN(CC1CCC1)C(CN)c1cncn1C. The smallest absolute Gasteiger partial charge is 0.0946 e. The number of nitrogens with two attached hydrogens (primary N) is 1. The highest BCUT2D eigenvalue weighted by Gasteiger charge is 2.24. The molecule has 0 aromatic carbocycles. The molecule has 1 aliphatic carbocycles. The lowest BCUT2D eigenvalue weighted by Crippen LogP contribution is -2.36. The zero-order chi connectivity index (χ0) is 11.5. The quantitative estimate of drug-likeness (QED) is 0.813. The van der Waals surface area contributed by atoms with Gasteiger partial charge in [0.1, 0.15) is 0 Å². The molecule has 2 N–H and O–H groups in total. The molecule has 90 valence electrons. The highest BCUT2D eigenvalue weighted by atomic mass is 15.2. The summed E-state index contributed by atoms with van der Waals surface area (Å²) in [6.45, 7) is 1.82. The van der Waals surface area contributed by atoms with Gasteiger partial charge in [-0.1, -0.05) is 6.42 Å². The first-order valence-corrected chi connectivity index (χ1v) is 6.09. The zero-order valence-corrected chi connectivity index (χ0v) is 10.3. The van der Waals surface area contributed by atoms with E-state index in [0.29, 0.717) is 12.6 Å². The van der Waals surface area contributed by atoms with E-state index in [4.69, 9.17) is 5.73 Å². The minimum atomic E-state index is 0.299. The van der Waals surface area contributed by atoms with Crippen LogP contribution in [-0.2, 0) is 7.05 Å². The van der Waals surface area contributed by atoms with Crippen LogP contribution in [0, 0.1) is 5.92 Å². The zero-order valence-electron chi connectivity index (χ0n) is 10.3. The number of aryl methyl sites for hydroxylation is 1. The van der Waals surface area contributed by atoms with Crippen LogP contribution in [0.25, 0.3) is 0 Å². The first-order chi connectivity index (χ1) is 7.72. The van der Waals surface area contributed by atoms with Crippen molar-refractivity contribution in [3.8, 4) is 0 Å². The third kappa shape index (κ3) is 2.28. The second-order valence-corrected chi connectivity index (χ2v) is 4.92. The molecule has 1 saturated carbocycles. The fourth-order valence-electron chi connectivity index (χ4n) is 2.42. The van der Waals surface area contributed by atoms with Gasteiger partial charge in [-0.15, -0.1) is 0 Å². The predicted molar refractivity (Wildman–Crippen MR) is 65.0 cm³/mol. The molecule has 1 aromatic rings. The molecule has 0 radical (unpaired) electrons. The van der Waals surface area contributed by atoms with Crippen LogP contribution in [-0.4, -0.2) is 34.6 Å². The summed E-state index contributed by atoms with van der Waals surface area (Å²) < 4.78 is 2.06. The lowest BCUT2D eigenvalue weighted by molar-refractivity contribution is 0.161. The monoisotopic (exact) mass is 222 g/mol. The average molecular weight is 222 g/mol. The molecule has 4 heteroatoms. The van der Waals surface area contributed by atoms with Crippen LogP contribution in [0.1, 0.15) is 31.0 Å². The Morgan fingerprint density at radius 2 is 2.38 bits per heavy atom. The van der Waals surface area contributed by atoms with Crippen molar-refractivity contribution < 1.29 is 0 Å². The van der Waals surface area contributed by atoms with E-state index in [2.05, 4.69) is 21.5 Å². The van der Waals surface area contributed by atoms with Gasteiger partial charge < -0.3 is 10.3 Å². The topological polar surface area (TPSA) is 47.1 Å². The number of likely N-dealkylation sites (N-methyl/N-ethyl adjacent to an activating group) is 1. The lowest BCUT2D eigenvalue weighted by atomic mass is 9.85. The van der Waals surface area contributed by atoms with Crippen molar-refractivity contribution in [1.82, 2.24) is 14.5 Å². The van der Waals surface area contributed by atoms with Crippen molar-refractivity contribution in [2.75, 3.05) is 20.1 Å². The number of nitrogens with zero attached hydrogens (tertiary/aromatic N) is 3. The van der Waals surface area contributed by atoms with Crippen LogP contribution in [0.4, 0.5) is 0 Å². The maximum absolute atomic E-state index is 5.89. The van der Waals surface area contributed by atoms with Gasteiger partial charge in [0.2, 0.25) is 0 Å². The van der Waals surface area contributed by atoms with Crippen molar-refractivity contribution in [3.05, 3.63) is 18.2 Å². The molecule has 1 fully saturated rings. The maximum atomic E-state index is 5.89. The summed E-state index contributed by atoms with van der Waals surface area (Å²) in [5.74, 6) is 0.882. The molecule has 1 aliphatic rings. The third-order valence-corrected chi connectivity index (χ3v) is 3.72. The molecule has 1 heterocycles. The number of hydrogen-bond acceptors (Lipinski definition) is 3. The van der Waals surface area contributed by atoms with Gasteiger partial charge in [-0.2, -0.15) is 0 Å². The summed E-state index contributed by atoms with van der Waals surface area (Å²) in [6.07, 6.45) is 7.93. The van der Waals surface area contributed by atoms with Crippen molar-refractivity contribution in [1.29, 1.82) is 0 Å². The van der Waals surface area contributed by atoms with Crippen LogP contribution in [0.3, 0.4) is 0 Å². The van der Waals surface area contributed by atoms with E-state index in [9.17, 15) is 0 Å². The first-order valence-electron chi connectivity index (χ1n) is 6.09. The Bertz CT molecular complexity index is 330. The summed E-state index contributed by atoms with van der Waals surface area (Å²) in [6, 6.07) is 0.299. The fraction of sp³-hybridized carbons (Fsp3) is 0.750. The summed E-state index contributed by atoms with van der Waals surface area (Å²) in [4.78, 5) is 6.54. The van der Waals surface area contributed by atoms with Crippen LogP contribution in [0.15, 0.2) is 12.5 Å². The standard InChI is InChI=1S/C12H22N4/c1-15(8-10-4-3-5-10)11(6-13)12-7-14-9-16(12)2/h7,9-11H,3-6,8,13H2,1-2H3. The molecule has 0 amide bonds. The molecule has 16 heavy (non-hydrogen) atoms. The van der Waals surface area contributed by atoms with E-state index in [1.165, 1.54) is 25.0 Å². The summed E-state index contributed by atoms with van der Waals surface area (Å²) in [5.41, 5.74) is 7.10. The van der Waals surface area contributed by atoms with E-state index < -0.39 is 0 Å². The minimum Gasteiger partial charge on any atom is -0.336 e. The van der Waals surface area contributed by atoms with Gasteiger partial charge in [-0.05, 0) is 25.8 Å². The number of imidazole rings is 1. The summed E-state index contributed by atoms with van der Waals surface area (Å²) in [5, 5.41) is 0. The van der Waals surface area contributed by atoms with Gasteiger partial charge in [0.25, 0.3) is 0 Å². The number of rotatable bonds is 5. The minimum absolute atomic E-state index is 0.299. The Labute approximate surface area is 97.4 Å². The normalized spacial score (nSPS) is 18.8. The molecule has 0 spiro atoms. The third-order valence-electron chi connectivity index (χ3n) is 3.72. The van der Waals surface area contributed by atoms with Crippen LogP contribution >= 0.6 is 0 Å². The summed E-state index contributed by atoms with van der Waals surface area (Å²) >= 11 is 0. The van der Waals surface area contributed by atoms with Crippen LogP contribution < -0.4 is 5.73 Å². The molecular weight excluding hydrogens is 200 g/mol. The van der Waals surface area contributed by atoms with Gasteiger partial charge in [0.15, 0.2) is 0 Å². The second-order valence-electron chi connectivity index (χ2n) is 4.92. The Hall–Kier alpha value is -0.870. The second kappa shape index (κ2) is 4.97. The van der Waals surface area contributed by atoms with Crippen LogP contribution in [0.2, 0.25) is 0 Å². The maximum Gasteiger partial charge on any atom is 0.0946 e. The molecular formula is C12H22N4. The van der Waals surface area contributed by atoms with Crippen molar-refractivity contribution >= 4 is 0 Å². The van der Waals surface area contributed by atoms with E-state index in [1.807, 2.05) is 19.6 Å². The van der Waals surface area contributed by atoms with Gasteiger partial charge in [0.05, 0.1) is 18.1 Å². The fourth-order valence-corrected chi connectivity index (χ4v) is 2.42. The average Bonchev–Trinajstić information content (AvgIpc) is 2.60. The highest BCUT2D eigenvalue weighted by molar-refractivity contribution is 5.05. The molecule has 0 bridgehead atoms. The first kappa shape index (κ1) is 11.6. The number of hydrogen-bond donors (Lipinski definition) is 1. The Kier molecular flexibility index (Phi) is 3.61. The molecule has 0 aliphatic heterocycles. The molecule has 2 rings (SSSR count). The van der Waals surface area contributed by atoms with Gasteiger partial charge in [0, 0.05) is 26.3 Å². The Morgan fingerprint density at radius 3 is 2.81 bits per heavy atom. The van der Waals surface area contributed by atoms with E-state index in [1.54, 1.807) is 0 Å². The molecule has 0 saturated heterocycles. The van der Waals surface area contributed by atoms with Gasteiger partial charge in [-0.3, -0.25) is 4.90 Å². The lowest BCUT2D eigenvalue weighted by Gasteiger charge is -2.34. The molecule has 1 unspecified atom stereocenters. The van der Waals surface area contributed by atoms with Crippen LogP contribution in [0.5, 0.6) is 0 Å². The largest absolute Gasteiger partial charge is 0.336 e. The van der Waals surface area contributed by atoms with Crippen molar-refractivity contribution in [2.24, 2.45) is 18.7 Å². The van der Waals surface area contributed by atoms with Crippen molar-refractivity contribution in [3.63, 3.8) is 0 Å². The molecule has 1 atom stereocenters. The number of aromatic nitrogens is 2. The van der Waals surface area contributed by atoms with E-state index in [-0.39, 0.29) is 0 Å². The Balaban J connectivity index is 2.00. The predicted octanol–water partition coefficient (Wildman–Crippen LogP) is 1.15. The van der Waals surface area contributed by atoms with E-state index >= 15 is 0 Å². The highest BCUT2D eigenvalue weighted by Crippen LogP contribution is 2.29. The summed E-state index contributed by atoms with van der Waals surface area (Å²) in [7, 11) is 4.20. The van der Waals surface area contributed by atoms with Crippen molar-refractivity contribution in [2.45, 2.75) is 25.3 Å².